The van der Waals surface area contributed by atoms with Crippen molar-refractivity contribution < 1.29 is 9.47 Å². The molecule has 0 saturated carbocycles. The van der Waals surface area contributed by atoms with Crippen LogP contribution < -0.4 is 4.74 Å². The molecular weight excluding hydrogens is 228 g/mol. The fourth-order valence-electron chi connectivity index (χ4n) is 2.35. The second-order valence-corrected chi connectivity index (χ2v) is 4.52. The maximum Gasteiger partial charge on any atom is 0.123 e. The summed E-state index contributed by atoms with van der Waals surface area (Å²) in [5.41, 5.74) is 1.74. The highest BCUT2D eigenvalue weighted by molar-refractivity contribution is 5.42. The first-order chi connectivity index (χ1) is 8.76. The van der Waals surface area contributed by atoms with Crippen LogP contribution in [0.4, 0.5) is 0 Å². The van der Waals surface area contributed by atoms with Gasteiger partial charge in [-0.1, -0.05) is 0 Å². The lowest BCUT2D eigenvalue weighted by Gasteiger charge is -2.17. The molecule has 18 heavy (non-hydrogen) atoms. The van der Waals surface area contributed by atoms with Crippen LogP contribution in [0.25, 0.3) is 0 Å². The van der Waals surface area contributed by atoms with Crippen LogP contribution in [-0.4, -0.2) is 38.3 Å². The summed E-state index contributed by atoms with van der Waals surface area (Å²) in [6, 6.07) is 7.71. The van der Waals surface area contributed by atoms with Crippen LogP contribution in [0, 0.1) is 11.3 Å². The van der Waals surface area contributed by atoms with E-state index in [1.54, 1.807) is 20.3 Å². The smallest absolute Gasteiger partial charge is 0.123 e. The van der Waals surface area contributed by atoms with Crippen LogP contribution in [0.15, 0.2) is 18.2 Å². The third kappa shape index (κ3) is 2.81. The standard InChI is InChI=1S/C14H18N2O2/c1-17-13-5-6-16(10-13)9-12-7-11(8-15)3-4-14(12)18-2/h3-4,7,13H,5-6,9-10H2,1-2H3. The van der Waals surface area contributed by atoms with Crippen LogP contribution >= 0.6 is 0 Å². The lowest BCUT2D eigenvalue weighted by Crippen LogP contribution is -2.22. The zero-order valence-corrected chi connectivity index (χ0v) is 10.8. The summed E-state index contributed by atoms with van der Waals surface area (Å²) >= 11 is 0. The normalized spacial score (nSPS) is 19.7. The van der Waals surface area contributed by atoms with E-state index in [9.17, 15) is 0 Å². The molecule has 0 bridgehead atoms. The molecule has 0 aromatic heterocycles. The molecule has 0 spiro atoms. The number of benzene rings is 1. The zero-order valence-electron chi connectivity index (χ0n) is 10.8. The van der Waals surface area contributed by atoms with E-state index in [0.29, 0.717) is 11.7 Å². The number of likely N-dealkylation sites (tertiary alicyclic amines) is 1. The average molecular weight is 246 g/mol. The topological polar surface area (TPSA) is 45.5 Å². The van der Waals surface area contributed by atoms with Gasteiger partial charge in [-0.05, 0) is 24.6 Å². The summed E-state index contributed by atoms with van der Waals surface area (Å²) in [7, 11) is 3.41. The predicted molar refractivity (Wildman–Crippen MR) is 68.4 cm³/mol. The Morgan fingerprint density at radius 2 is 2.28 bits per heavy atom. The molecule has 1 aliphatic rings. The highest BCUT2D eigenvalue weighted by atomic mass is 16.5. The fraction of sp³-hybridized carbons (Fsp3) is 0.500. The van der Waals surface area contributed by atoms with Crippen LogP contribution in [0.2, 0.25) is 0 Å². The Hall–Kier alpha value is -1.57. The van der Waals surface area contributed by atoms with Gasteiger partial charge in [-0.3, -0.25) is 4.90 Å². The average Bonchev–Trinajstić information content (AvgIpc) is 2.86. The SMILES string of the molecule is COc1ccc(C#N)cc1CN1CCC(OC)C1. The Morgan fingerprint density at radius 1 is 1.44 bits per heavy atom. The maximum atomic E-state index is 8.94. The largest absolute Gasteiger partial charge is 0.496 e. The Balaban J connectivity index is 2.11. The lowest BCUT2D eigenvalue weighted by atomic mass is 10.1. The first-order valence-corrected chi connectivity index (χ1v) is 6.09. The highest BCUT2D eigenvalue weighted by Crippen LogP contribution is 2.23. The number of nitriles is 1. The van der Waals surface area contributed by atoms with E-state index in [1.807, 2.05) is 12.1 Å². The minimum atomic E-state index is 0.329. The summed E-state index contributed by atoms with van der Waals surface area (Å²) in [5.74, 6) is 0.842. The van der Waals surface area contributed by atoms with E-state index in [2.05, 4.69) is 11.0 Å². The fourth-order valence-corrected chi connectivity index (χ4v) is 2.35. The lowest BCUT2D eigenvalue weighted by molar-refractivity contribution is 0.107. The number of ether oxygens (including phenoxy) is 2. The first-order valence-electron chi connectivity index (χ1n) is 6.09. The van der Waals surface area contributed by atoms with Crippen molar-refractivity contribution in [1.29, 1.82) is 5.26 Å². The van der Waals surface area contributed by atoms with E-state index >= 15 is 0 Å². The second kappa shape index (κ2) is 5.85. The van der Waals surface area contributed by atoms with E-state index in [1.165, 1.54) is 0 Å². The van der Waals surface area contributed by atoms with Crippen LogP contribution in [0.3, 0.4) is 0 Å². The van der Waals surface area contributed by atoms with Crippen molar-refractivity contribution >= 4 is 0 Å². The molecule has 1 heterocycles. The second-order valence-electron chi connectivity index (χ2n) is 4.52. The van der Waals surface area contributed by atoms with Gasteiger partial charge in [0, 0.05) is 32.3 Å². The zero-order chi connectivity index (χ0) is 13.0. The van der Waals surface area contributed by atoms with Gasteiger partial charge in [-0.2, -0.15) is 5.26 Å². The van der Waals surface area contributed by atoms with Gasteiger partial charge in [-0.15, -0.1) is 0 Å². The molecule has 1 aromatic rings. The minimum Gasteiger partial charge on any atom is -0.496 e. The van der Waals surface area contributed by atoms with Crippen LogP contribution in [-0.2, 0) is 11.3 Å². The van der Waals surface area contributed by atoms with E-state index < -0.39 is 0 Å². The van der Waals surface area contributed by atoms with Crippen LogP contribution in [0.1, 0.15) is 17.5 Å². The van der Waals surface area contributed by atoms with Gasteiger partial charge in [0.25, 0.3) is 0 Å². The Bertz CT molecular complexity index is 454. The molecule has 96 valence electrons. The Labute approximate surface area is 108 Å². The van der Waals surface area contributed by atoms with Crippen molar-refractivity contribution in [3.63, 3.8) is 0 Å². The molecule has 0 aliphatic carbocycles. The summed E-state index contributed by atoms with van der Waals surface area (Å²) in [5, 5.41) is 8.94. The molecule has 2 rings (SSSR count). The molecule has 1 unspecified atom stereocenters. The number of hydrogen-bond donors (Lipinski definition) is 0. The molecule has 1 saturated heterocycles. The highest BCUT2D eigenvalue weighted by Gasteiger charge is 2.22. The molecule has 0 amide bonds. The van der Waals surface area contributed by atoms with E-state index in [4.69, 9.17) is 14.7 Å². The van der Waals surface area contributed by atoms with Gasteiger partial charge in [0.05, 0.1) is 24.8 Å². The van der Waals surface area contributed by atoms with Crippen molar-refractivity contribution in [1.82, 2.24) is 4.90 Å². The Kier molecular flexibility index (Phi) is 4.19. The molecule has 1 aromatic carbocycles. The summed E-state index contributed by atoms with van der Waals surface area (Å²) in [6.45, 7) is 2.77. The van der Waals surface area contributed by atoms with Crippen molar-refractivity contribution in [2.75, 3.05) is 27.3 Å². The predicted octanol–water partition coefficient (Wildman–Crippen LogP) is 1.79. The molecule has 1 aliphatic heterocycles. The molecule has 4 heteroatoms. The monoisotopic (exact) mass is 246 g/mol. The van der Waals surface area contributed by atoms with Gasteiger partial charge in [0.2, 0.25) is 0 Å². The quantitative estimate of drug-likeness (QED) is 0.812. The number of methoxy groups -OCH3 is 2. The summed E-state index contributed by atoms with van der Waals surface area (Å²) in [6.07, 6.45) is 1.40. The van der Waals surface area contributed by atoms with Gasteiger partial charge < -0.3 is 9.47 Å². The first kappa shape index (κ1) is 12.9. The third-order valence-electron chi connectivity index (χ3n) is 3.37. The maximum absolute atomic E-state index is 8.94. The van der Waals surface area contributed by atoms with Crippen molar-refractivity contribution in [2.45, 2.75) is 19.1 Å². The number of hydrogen-bond acceptors (Lipinski definition) is 4. The van der Waals surface area contributed by atoms with E-state index in [-0.39, 0.29) is 0 Å². The third-order valence-corrected chi connectivity index (χ3v) is 3.37. The number of nitrogens with zero attached hydrogens (tertiary/aromatic N) is 2. The van der Waals surface area contributed by atoms with Gasteiger partial charge in [-0.25, -0.2) is 0 Å². The molecule has 0 N–H and O–H groups in total. The van der Waals surface area contributed by atoms with Crippen LogP contribution in [0.5, 0.6) is 5.75 Å². The van der Waals surface area contributed by atoms with Crippen molar-refractivity contribution in [3.05, 3.63) is 29.3 Å². The van der Waals surface area contributed by atoms with Crippen molar-refractivity contribution in [2.24, 2.45) is 0 Å². The minimum absolute atomic E-state index is 0.329. The van der Waals surface area contributed by atoms with E-state index in [0.717, 1.165) is 37.4 Å². The van der Waals surface area contributed by atoms with Crippen molar-refractivity contribution in [3.8, 4) is 11.8 Å². The van der Waals surface area contributed by atoms with Gasteiger partial charge >= 0.3 is 0 Å². The molecular formula is C14H18N2O2. The molecule has 1 fully saturated rings. The summed E-state index contributed by atoms with van der Waals surface area (Å²) in [4.78, 5) is 2.33. The van der Waals surface area contributed by atoms with Gasteiger partial charge in [0.15, 0.2) is 0 Å². The summed E-state index contributed by atoms with van der Waals surface area (Å²) < 4.78 is 10.7. The number of rotatable bonds is 4. The van der Waals surface area contributed by atoms with Gasteiger partial charge in [0.1, 0.15) is 5.75 Å². The molecule has 4 nitrogen and oxygen atoms in total. The molecule has 0 radical (unpaired) electrons. The molecule has 1 atom stereocenters. The Morgan fingerprint density at radius 3 is 2.89 bits per heavy atom.